The van der Waals surface area contributed by atoms with Gasteiger partial charge in [-0.05, 0) is 65.5 Å². The highest BCUT2D eigenvalue weighted by molar-refractivity contribution is 5.79. The first kappa shape index (κ1) is 15.4. The molecule has 1 aliphatic rings. The zero-order valence-corrected chi connectivity index (χ0v) is 12.1. The van der Waals surface area contributed by atoms with Crippen LogP contribution in [0.2, 0.25) is 0 Å². The third kappa shape index (κ3) is 5.83. The first-order valence-corrected chi connectivity index (χ1v) is 7.10. The third-order valence-corrected chi connectivity index (χ3v) is 3.49. The minimum atomic E-state index is -0.828. The topological polar surface area (TPSA) is 55.6 Å². The second-order valence-corrected chi connectivity index (χ2v) is 5.80. The predicted molar refractivity (Wildman–Crippen MR) is 73.3 cm³/mol. The minimum absolute atomic E-state index is 0.281. The van der Waals surface area contributed by atoms with E-state index in [1.165, 1.54) is 19.4 Å². The molecule has 1 atom stereocenters. The van der Waals surface area contributed by atoms with Crippen LogP contribution in [0.5, 0.6) is 0 Å². The highest BCUT2D eigenvalue weighted by Gasteiger charge is 2.29. The van der Waals surface area contributed by atoms with Gasteiger partial charge < -0.3 is 15.4 Å². The number of esters is 1. The first-order chi connectivity index (χ1) is 8.45. The van der Waals surface area contributed by atoms with Crippen molar-refractivity contribution in [1.82, 2.24) is 4.90 Å². The Balaban J connectivity index is 2.09. The van der Waals surface area contributed by atoms with Crippen molar-refractivity contribution in [3.63, 3.8) is 0 Å². The van der Waals surface area contributed by atoms with Crippen molar-refractivity contribution in [3.05, 3.63) is 0 Å². The minimum Gasteiger partial charge on any atom is -0.465 e. The van der Waals surface area contributed by atoms with E-state index in [0.717, 1.165) is 25.3 Å². The molecule has 1 unspecified atom stereocenters. The summed E-state index contributed by atoms with van der Waals surface area (Å²) >= 11 is 0. The van der Waals surface area contributed by atoms with E-state index in [-0.39, 0.29) is 5.97 Å². The van der Waals surface area contributed by atoms with Crippen molar-refractivity contribution >= 4 is 5.97 Å². The van der Waals surface area contributed by atoms with Gasteiger partial charge in [-0.25, -0.2) is 0 Å². The van der Waals surface area contributed by atoms with Gasteiger partial charge in [0.1, 0.15) is 5.54 Å². The number of ether oxygens (including phenoxy) is 1. The largest absolute Gasteiger partial charge is 0.465 e. The zero-order chi connectivity index (χ0) is 13.6. The van der Waals surface area contributed by atoms with E-state index in [4.69, 9.17) is 10.5 Å². The lowest BCUT2D eigenvalue weighted by Crippen LogP contribution is -2.46. The molecular formula is C14H28N2O2. The monoisotopic (exact) mass is 256 g/mol. The number of rotatable bonds is 9. The number of hydrogen-bond donors (Lipinski definition) is 1. The van der Waals surface area contributed by atoms with Crippen molar-refractivity contribution in [3.8, 4) is 0 Å². The molecule has 0 amide bonds. The molecule has 0 radical (unpaired) electrons. The summed E-state index contributed by atoms with van der Waals surface area (Å²) in [5.41, 5.74) is 5.14. The van der Waals surface area contributed by atoms with Crippen LogP contribution in [0.15, 0.2) is 0 Å². The summed E-state index contributed by atoms with van der Waals surface area (Å²) in [6.07, 6.45) is 5.56. The Morgan fingerprint density at radius 1 is 1.44 bits per heavy atom. The van der Waals surface area contributed by atoms with Gasteiger partial charge in [-0.1, -0.05) is 0 Å². The average Bonchev–Trinajstić information content (AvgIpc) is 3.08. The molecule has 4 heteroatoms. The maximum Gasteiger partial charge on any atom is 0.325 e. The van der Waals surface area contributed by atoms with E-state index in [0.29, 0.717) is 13.0 Å². The van der Waals surface area contributed by atoms with Gasteiger partial charge in [0, 0.05) is 6.54 Å². The van der Waals surface area contributed by atoms with Crippen molar-refractivity contribution in [2.75, 3.05) is 26.7 Å². The lowest BCUT2D eigenvalue weighted by molar-refractivity contribution is -0.149. The summed E-state index contributed by atoms with van der Waals surface area (Å²) in [5, 5.41) is 0. The molecule has 1 rings (SSSR count). The molecule has 4 nitrogen and oxygen atoms in total. The van der Waals surface area contributed by atoms with E-state index in [1.54, 1.807) is 13.8 Å². The van der Waals surface area contributed by atoms with E-state index in [9.17, 15) is 4.79 Å². The molecule has 1 aliphatic carbocycles. The van der Waals surface area contributed by atoms with Gasteiger partial charge in [0.05, 0.1) is 6.61 Å². The normalized spacial score (nSPS) is 18.7. The van der Waals surface area contributed by atoms with Crippen LogP contribution in [0.1, 0.15) is 46.0 Å². The zero-order valence-electron chi connectivity index (χ0n) is 12.1. The molecule has 0 aromatic heterocycles. The standard InChI is InChI=1S/C14H28N2O2/c1-4-18-13(17)14(2,15)9-5-6-10-16(3)11-12-7-8-12/h12H,4-11,15H2,1-3H3. The van der Waals surface area contributed by atoms with Crippen LogP contribution in [-0.4, -0.2) is 43.2 Å². The number of unbranched alkanes of at least 4 members (excludes halogenated alkanes) is 1. The molecule has 0 bridgehead atoms. The van der Waals surface area contributed by atoms with E-state index in [1.807, 2.05) is 0 Å². The molecule has 0 saturated heterocycles. The number of hydrogen-bond acceptors (Lipinski definition) is 4. The van der Waals surface area contributed by atoms with E-state index in [2.05, 4.69) is 11.9 Å². The number of nitrogens with two attached hydrogens (primary N) is 1. The van der Waals surface area contributed by atoms with Gasteiger partial charge in [0.15, 0.2) is 0 Å². The molecule has 1 saturated carbocycles. The SMILES string of the molecule is CCOC(=O)C(C)(N)CCCCN(C)CC1CC1. The number of carbonyl (C=O) groups is 1. The number of carbonyl (C=O) groups excluding carboxylic acids is 1. The van der Waals surface area contributed by atoms with Gasteiger partial charge in [-0.2, -0.15) is 0 Å². The maximum atomic E-state index is 11.6. The smallest absolute Gasteiger partial charge is 0.325 e. The molecular weight excluding hydrogens is 228 g/mol. The fourth-order valence-corrected chi connectivity index (χ4v) is 2.10. The lowest BCUT2D eigenvalue weighted by atomic mass is 9.96. The van der Waals surface area contributed by atoms with Crippen LogP contribution in [0.4, 0.5) is 0 Å². The summed E-state index contributed by atoms with van der Waals surface area (Å²) in [4.78, 5) is 14.0. The van der Waals surface area contributed by atoms with Gasteiger partial charge >= 0.3 is 5.97 Å². The Kier molecular flexibility index (Phi) is 6.09. The highest BCUT2D eigenvalue weighted by Crippen LogP contribution is 2.29. The van der Waals surface area contributed by atoms with E-state index < -0.39 is 5.54 Å². The second kappa shape index (κ2) is 7.10. The molecule has 0 aliphatic heterocycles. The molecule has 0 aromatic rings. The first-order valence-electron chi connectivity index (χ1n) is 7.10. The molecule has 18 heavy (non-hydrogen) atoms. The Labute approximate surface area is 111 Å². The van der Waals surface area contributed by atoms with Gasteiger partial charge in [0.25, 0.3) is 0 Å². The van der Waals surface area contributed by atoms with Crippen LogP contribution in [0, 0.1) is 5.92 Å². The Hall–Kier alpha value is -0.610. The van der Waals surface area contributed by atoms with Crippen LogP contribution < -0.4 is 5.73 Å². The number of nitrogens with zero attached hydrogens (tertiary/aromatic N) is 1. The summed E-state index contributed by atoms with van der Waals surface area (Å²) < 4.78 is 4.97. The summed E-state index contributed by atoms with van der Waals surface area (Å²) in [6.45, 7) is 6.28. The lowest BCUT2D eigenvalue weighted by Gasteiger charge is -2.23. The molecule has 1 fully saturated rings. The Morgan fingerprint density at radius 2 is 2.11 bits per heavy atom. The summed E-state index contributed by atoms with van der Waals surface area (Å²) in [5.74, 6) is 0.658. The average molecular weight is 256 g/mol. The van der Waals surface area contributed by atoms with Crippen LogP contribution in [0.25, 0.3) is 0 Å². The molecule has 0 heterocycles. The fraction of sp³-hybridized carbons (Fsp3) is 0.929. The van der Waals surface area contributed by atoms with Crippen molar-refractivity contribution in [2.24, 2.45) is 11.7 Å². The molecule has 106 valence electrons. The Morgan fingerprint density at radius 3 is 2.67 bits per heavy atom. The van der Waals surface area contributed by atoms with Gasteiger partial charge in [-0.3, -0.25) is 4.79 Å². The van der Waals surface area contributed by atoms with E-state index >= 15 is 0 Å². The molecule has 0 spiro atoms. The van der Waals surface area contributed by atoms with Gasteiger partial charge in [0.2, 0.25) is 0 Å². The summed E-state index contributed by atoms with van der Waals surface area (Å²) in [7, 11) is 2.17. The molecule has 2 N–H and O–H groups in total. The summed E-state index contributed by atoms with van der Waals surface area (Å²) in [6, 6.07) is 0. The quantitative estimate of drug-likeness (QED) is 0.505. The third-order valence-electron chi connectivity index (χ3n) is 3.49. The van der Waals surface area contributed by atoms with Crippen molar-refractivity contribution in [2.45, 2.75) is 51.5 Å². The van der Waals surface area contributed by atoms with Crippen LogP contribution in [-0.2, 0) is 9.53 Å². The van der Waals surface area contributed by atoms with Crippen LogP contribution in [0.3, 0.4) is 0 Å². The highest BCUT2D eigenvalue weighted by atomic mass is 16.5. The molecule has 0 aromatic carbocycles. The maximum absolute atomic E-state index is 11.6. The second-order valence-electron chi connectivity index (χ2n) is 5.80. The predicted octanol–water partition coefficient (Wildman–Crippen LogP) is 1.78. The van der Waals surface area contributed by atoms with Crippen molar-refractivity contribution < 1.29 is 9.53 Å². The van der Waals surface area contributed by atoms with Crippen molar-refractivity contribution in [1.29, 1.82) is 0 Å². The fourth-order valence-electron chi connectivity index (χ4n) is 2.10. The Bertz CT molecular complexity index is 263. The van der Waals surface area contributed by atoms with Crippen LogP contribution >= 0.6 is 0 Å². The van der Waals surface area contributed by atoms with Gasteiger partial charge in [-0.15, -0.1) is 0 Å².